The van der Waals surface area contributed by atoms with Crippen LogP contribution in [0.3, 0.4) is 0 Å². The van der Waals surface area contributed by atoms with E-state index in [1.54, 1.807) is 18.2 Å². The molecule has 2 fully saturated rings. The van der Waals surface area contributed by atoms with Crippen molar-refractivity contribution in [1.82, 2.24) is 15.1 Å². The lowest BCUT2D eigenvalue weighted by Crippen LogP contribution is -2.49. The highest BCUT2D eigenvalue weighted by Gasteiger charge is 2.32. The summed E-state index contributed by atoms with van der Waals surface area (Å²) in [5, 5.41) is 6.46. The van der Waals surface area contributed by atoms with E-state index in [0.717, 1.165) is 45.7 Å². The van der Waals surface area contributed by atoms with Gasteiger partial charge in [0.25, 0.3) is 5.91 Å². The molecule has 1 aromatic carbocycles. The summed E-state index contributed by atoms with van der Waals surface area (Å²) in [5.41, 5.74) is 1.04. The standard InChI is InChI=1S/C17H23ClN4O2/c1-12(23)20-13-2-3-16(18)15(10-13)17(24)22-7-4-14(11-22)21-8-5-19-6-9-21/h2-3,10,14,19H,4-9,11H2,1H3,(H,20,23). The molecule has 2 amide bonds. The van der Waals surface area contributed by atoms with Crippen LogP contribution < -0.4 is 10.6 Å². The van der Waals surface area contributed by atoms with Crippen molar-refractivity contribution in [2.45, 2.75) is 19.4 Å². The van der Waals surface area contributed by atoms with E-state index in [4.69, 9.17) is 11.6 Å². The summed E-state index contributed by atoms with van der Waals surface area (Å²) >= 11 is 6.21. The third kappa shape index (κ3) is 3.88. The van der Waals surface area contributed by atoms with Gasteiger partial charge in [-0.2, -0.15) is 0 Å². The first kappa shape index (κ1) is 17.2. The molecule has 6 nitrogen and oxygen atoms in total. The van der Waals surface area contributed by atoms with E-state index in [9.17, 15) is 9.59 Å². The minimum Gasteiger partial charge on any atom is -0.337 e. The number of piperazine rings is 1. The Hall–Kier alpha value is -1.63. The molecular weight excluding hydrogens is 328 g/mol. The minimum atomic E-state index is -0.171. The second-order valence-corrected chi connectivity index (χ2v) is 6.76. The number of hydrogen-bond acceptors (Lipinski definition) is 4. The summed E-state index contributed by atoms with van der Waals surface area (Å²) in [5.74, 6) is -0.236. The largest absolute Gasteiger partial charge is 0.337 e. The Kier molecular flexibility index (Phi) is 5.38. The van der Waals surface area contributed by atoms with E-state index in [0.29, 0.717) is 22.3 Å². The Morgan fingerprint density at radius 2 is 2.00 bits per heavy atom. The number of amides is 2. The Morgan fingerprint density at radius 3 is 2.71 bits per heavy atom. The number of carbonyl (C=O) groups is 2. The summed E-state index contributed by atoms with van der Waals surface area (Å²) < 4.78 is 0. The van der Waals surface area contributed by atoms with Crippen molar-refractivity contribution in [3.8, 4) is 0 Å². The first-order valence-corrected chi connectivity index (χ1v) is 8.73. The molecule has 0 aromatic heterocycles. The molecule has 2 aliphatic heterocycles. The molecule has 0 saturated carbocycles. The third-order valence-electron chi connectivity index (χ3n) is 4.64. The fourth-order valence-electron chi connectivity index (χ4n) is 3.41. The van der Waals surface area contributed by atoms with Crippen LogP contribution in [-0.4, -0.2) is 66.9 Å². The fraction of sp³-hybridized carbons (Fsp3) is 0.529. The number of hydrogen-bond donors (Lipinski definition) is 2. The number of carbonyl (C=O) groups excluding carboxylic acids is 2. The molecule has 130 valence electrons. The van der Waals surface area contributed by atoms with Gasteiger partial charge in [-0.1, -0.05) is 11.6 Å². The molecule has 2 aliphatic rings. The SMILES string of the molecule is CC(=O)Nc1ccc(Cl)c(C(=O)N2CCC(N3CCNCC3)C2)c1. The van der Waals surface area contributed by atoms with E-state index in [2.05, 4.69) is 15.5 Å². The fourth-order valence-corrected chi connectivity index (χ4v) is 3.61. The van der Waals surface area contributed by atoms with Crippen molar-refractivity contribution in [1.29, 1.82) is 0 Å². The Bertz CT molecular complexity index is 631. The van der Waals surface area contributed by atoms with E-state index >= 15 is 0 Å². The maximum absolute atomic E-state index is 12.8. The van der Waals surface area contributed by atoms with Gasteiger partial charge in [0.15, 0.2) is 0 Å². The smallest absolute Gasteiger partial charge is 0.255 e. The lowest BCUT2D eigenvalue weighted by Gasteiger charge is -2.32. The van der Waals surface area contributed by atoms with Gasteiger partial charge in [-0.3, -0.25) is 14.5 Å². The molecule has 2 N–H and O–H groups in total. The molecule has 1 atom stereocenters. The van der Waals surface area contributed by atoms with Gasteiger partial charge in [0.2, 0.25) is 5.91 Å². The van der Waals surface area contributed by atoms with Crippen LogP contribution in [0.4, 0.5) is 5.69 Å². The zero-order valence-electron chi connectivity index (χ0n) is 13.8. The predicted molar refractivity (Wildman–Crippen MR) is 94.5 cm³/mol. The van der Waals surface area contributed by atoms with Gasteiger partial charge in [-0.05, 0) is 24.6 Å². The highest BCUT2D eigenvalue weighted by Crippen LogP contribution is 2.25. The lowest BCUT2D eigenvalue weighted by atomic mass is 10.1. The molecule has 0 radical (unpaired) electrons. The highest BCUT2D eigenvalue weighted by molar-refractivity contribution is 6.34. The molecule has 3 rings (SSSR count). The quantitative estimate of drug-likeness (QED) is 0.865. The Morgan fingerprint density at radius 1 is 1.25 bits per heavy atom. The summed E-state index contributed by atoms with van der Waals surface area (Å²) in [4.78, 5) is 28.4. The Labute approximate surface area is 147 Å². The molecule has 2 saturated heterocycles. The normalized spacial score (nSPS) is 21.8. The molecule has 2 heterocycles. The van der Waals surface area contributed by atoms with Gasteiger partial charge >= 0.3 is 0 Å². The summed E-state index contributed by atoms with van der Waals surface area (Å²) in [6.07, 6.45) is 0.995. The van der Waals surface area contributed by atoms with Crippen molar-refractivity contribution in [3.63, 3.8) is 0 Å². The summed E-state index contributed by atoms with van der Waals surface area (Å²) in [6, 6.07) is 5.44. The van der Waals surface area contributed by atoms with Crippen LogP contribution in [0.15, 0.2) is 18.2 Å². The molecular formula is C17H23ClN4O2. The second kappa shape index (κ2) is 7.51. The monoisotopic (exact) mass is 350 g/mol. The number of nitrogens with zero attached hydrogens (tertiary/aromatic N) is 2. The molecule has 24 heavy (non-hydrogen) atoms. The van der Waals surface area contributed by atoms with Gasteiger partial charge in [0, 0.05) is 57.9 Å². The maximum Gasteiger partial charge on any atom is 0.255 e. The van der Waals surface area contributed by atoms with Crippen LogP contribution in [0.2, 0.25) is 5.02 Å². The van der Waals surface area contributed by atoms with Gasteiger partial charge in [0.1, 0.15) is 0 Å². The number of nitrogens with one attached hydrogen (secondary N) is 2. The first-order valence-electron chi connectivity index (χ1n) is 8.36. The van der Waals surface area contributed by atoms with Crippen molar-refractivity contribution >= 4 is 29.1 Å². The molecule has 0 aliphatic carbocycles. The molecule has 1 unspecified atom stereocenters. The van der Waals surface area contributed by atoms with Gasteiger partial charge < -0.3 is 15.5 Å². The third-order valence-corrected chi connectivity index (χ3v) is 4.97. The van der Waals surface area contributed by atoms with E-state index in [1.165, 1.54) is 6.92 Å². The van der Waals surface area contributed by atoms with Crippen LogP contribution >= 0.6 is 11.6 Å². The van der Waals surface area contributed by atoms with Crippen LogP contribution in [0.5, 0.6) is 0 Å². The number of benzene rings is 1. The summed E-state index contributed by atoms with van der Waals surface area (Å²) in [6.45, 7) is 7.00. The number of likely N-dealkylation sites (tertiary alicyclic amines) is 1. The van der Waals surface area contributed by atoms with Crippen LogP contribution in [0, 0.1) is 0 Å². The zero-order valence-corrected chi connectivity index (χ0v) is 14.6. The molecule has 1 aromatic rings. The summed E-state index contributed by atoms with van der Waals surface area (Å²) in [7, 11) is 0. The van der Waals surface area contributed by atoms with E-state index in [1.807, 2.05) is 4.90 Å². The van der Waals surface area contributed by atoms with Crippen molar-refractivity contribution in [2.24, 2.45) is 0 Å². The van der Waals surface area contributed by atoms with Crippen LogP contribution in [0.25, 0.3) is 0 Å². The van der Waals surface area contributed by atoms with Crippen LogP contribution in [-0.2, 0) is 4.79 Å². The van der Waals surface area contributed by atoms with Crippen molar-refractivity contribution in [2.75, 3.05) is 44.6 Å². The number of halogens is 1. The predicted octanol–water partition coefficient (Wildman–Crippen LogP) is 1.42. The molecule has 0 bridgehead atoms. The first-order chi connectivity index (χ1) is 11.5. The zero-order chi connectivity index (χ0) is 17.1. The highest BCUT2D eigenvalue weighted by atomic mass is 35.5. The van der Waals surface area contributed by atoms with Crippen molar-refractivity contribution < 1.29 is 9.59 Å². The van der Waals surface area contributed by atoms with Gasteiger partial charge in [0.05, 0.1) is 10.6 Å². The van der Waals surface area contributed by atoms with E-state index in [-0.39, 0.29) is 11.8 Å². The average Bonchev–Trinajstić information content (AvgIpc) is 3.06. The minimum absolute atomic E-state index is 0.0650. The van der Waals surface area contributed by atoms with Gasteiger partial charge in [-0.15, -0.1) is 0 Å². The van der Waals surface area contributed by atoms with E-state index < -0.39 is 0 Å². The number of rotatable bonds is 3. The second-order valence-electron chi connectivity index (χ2n) is 6.36. The Balaban J connectivity index is 1.69. The molecule has 7 heteroatoms. The molecule has 0 spiro atoms. The lowest BCUT2D eigenvalue weighted by molar-refractivity contribution is -0.114. The average molecular weight is 351 g/mol. The van der Waals surface area contributed by atoms with Gasteiger partial charge in [-0.25, -0.2) is 0 Å². The maximum atomic E-state index is 12.8. The van der Waals surface area contributed by atoms with Crippen LogP contribution in [0.1, 0.15) is 23.7 Å². The number of anilines is 1. The van der Waals surface area contributed by atoms with Crippen molar-refractivity contribution in [3.05, 3.63) is 28.8 Å². The topological polar surface area (TPSA) is 64.7 Å².